The predicted octanol–water partition coefficient (Wildman–Crippen LogP) is 1.57. The number of nitrogens with zero attached hydrogens (tertiary/aromatic N) is 5. The van der Waals surface area contributed by atoms with Crippen LogP contribution in [-0.4, -0.2) is 83.8 Å². The largest absolute Gasteiger partial charge is 0.419 e. The quantitative estimate of drug-likeness (QED) is 0.648. The molecule has 1 aromatic rings. The molecule has 1 aromatic heterocycles. The molecule has 2 aliphatic rings. The average Bonchev–Trinajstić information content (AvgIpc) is 3.28. The number of urea groups is 1. The van der Waals surface area contributed by atoms with Crippen molar-refractivity contribution in [1.29, 1.82) is 0 Å². The van der Waals surface area contributed by atoms with Crippen molar-refractivity contribution in [3.8, 4) is 0 Å². The highest BCUT2D eigenvalue weighted by Crippen LogP contribution is 2.29. The molecule has 0 aromatic carbocycles. The fourth-order valence-electron chi connectivity index (χ4n) is 3.58. The minimum absolute atomic E-state index is 0.00197. The summed E-state index contributed by atoms with van der Waals surface area (Å²) in [6.45, 7) is 6.01. The minimum atomic E-state index is -4.45. The van der Waals surface area contributed by atoms with Crippen LogP contribution in [0.25, 0.3) is 0 Å². The molecule has 2 fully saturated rings. The Bertz CT molecular complexity index is 685. The van der Waals surface area contributed by atoms with Gasteiger partial charge in [-0.25, -0.2) is 14.8 Å². The van der Waals surface area contributed by atoms with E-state index >= 15 is 0 Å². The van der Waals surface area contributed by atoms with Gasteiger partial charge in [0.15, 0.2) is 0 Å². The Hall–Kier alpha value is -2.14. The standard InChI is InChI=1S/C18H27F3N6O2/c1-13(22)12-29-8-2-4-25-6-7-27(17(25)28)15-3-5-26(11-15)16-23-9-14(10-24-16)18(19,20)21/h9-10,13,15H,2-8,11-12,22H2,1H3. The molecule has 2 unspecified atom stereocenters. The number of alkyl halides is 3. The lowest BCUT2D eigenvalue weighted by Gasteiger charge is -2.25. The molecule has 0 spiro atoms. The molecule has 3 heterocycles. The van der Waals surface area contributed by atoms with Crippen molar-refractivity contribution < 1.29 is 22.7 Å². The number of amides is 2. The molecule has 3 rings (SSSR count). The van der Waals surface area contributed by atoms with Crippen molar-refractivity contribution in [2.75, 3.05) is 50.8 Å². The van der Waals surface area contributed by atoms with E-state index < -0.39 is 11.7 Å². The SMILES string of the molecule is CC(N)COCCCN1CCN(C2CCN(c3ncc(C(F)(F)F)cn3)C2)C1=O. The van der Waals surface area contributed by atoms with E-state index in [1.54, 1.807) is 0 Å². The zero-order valence-electron chi connectivity index (χ0n) is 16.4. The van der Waals surface area contributed by atoms with Gasteiger partial charge in [0.05, 0.1) is 18.2 Å². The first-order valence-electron chi connectivity index (χ1n) is 9.78. The maximum Gasteiger partial charge on any atom is 0.419 e. The van der Waals surface area contributed by atoms with E-state index in [4.69, 9.17) is 10.5 Å². The Balaban J connectivity index is 1.47. The Morgan fingerprint density at radius 3 is 2.66 bits per heavy atom. The van der Waals surface area contributed by atoms with Crippen LogP contribution in [0.4, 0.5) is 23.9 Å². The van der Waals surface area contributed by atoms with Crippen molar-refractivity contribution in [2.24, 2.45) is 5.73 Å². The molecule has 2 atom stereocenters. The molecule has 2 N–H and O–H groups in total. The van der Waals surface area contributed by atoms with Crippen LogP contribution in [0.5, 0.6) is 0 Å². The summed E-state index contributed by atoms with van der Waals surface area (Å²) in [6, 6.07) is 0.00276. The Labute approximate surface area is 167 Å². The van der Waals surface area contributed by atoms with Crippen LogP contribution in [-0.2, 0) is 10.9 Å². The van der Waals surface area contributed by atoms with Gasteiger partial charge in [-0.15, -0.1) is 0 Å². The monoisotopic (exact) mass is 416 g/mol. The molecule has 29 heavy (non-hydrogen) atoms. The lowest BCUT2D eigenvalue weighted by Crippen LogP contribution is -2.41. The van der Waals surface area contributed by atoms with Gasteiger partial charge in [-0.1, -0.05) is 0 Å². The lowest BCUT2D eigenvalue weighted by atomic mass is 10.2. The number of hydrogen-bond acceptors (Lipinski definition) is 6. The minimum Gasteiger partial charge on any atom is -0.380 e. The van der Waals surface area contributed by atoms with Crippen LogP contribution in [0.2, 0.25) is 0 Å². The first kappa shape index (κ1) is 21.6. The van der Waals surface area contributed by atoms with E-state index in [9.17, 15) is 18.0 Å². The number of rotatable bonds is 8. The third-order valence-electron chi connectivity index (χ3n) is 5.08. The molecule has 0 bridgehead atoms. The Morgan fingerprint density at radius 2 is 2.00 bits per heavy atom. The third-order valence-corrected chi connectivity index (χ3v) is 5.08. The van der Waals surface area contributed by atoms with Crippen molar-refractivity contribution >= 4 is 12.0 Å². The molecule has 2 aliphatic heterocycles. The molecule has 0 aliphatic carbocycles. The van der Waals surface area contributed by atoms with E-state index in [1.807, 2.05) is 21.6 Å². The second kappa shape index (κ2) is 9.12. The maximum atomic E-state index is 12.7. The summed E-state index contributed by atoms with van der Waals surface area (Å²) in [4.78, 5) is 25.9. The number of carbonyl (C=O) groups is 1. The number of carbonyl (C=O) groups excluding carboxylic acids is 1. The van der Waals surface area contributed by atoms with Crippen molar-refractivity contribution in [3.63, 3.8) is 0 Å². The van der Waals surface area contributed by atoms with E-state index in [1.165, 1.54) is 0 Å². The highest BCUT2D eigenvalue weighted by atomic mass is 19.4. The molecule has 2 saturated heterocycles. The van der Waals surface area contributed by atoms with Crippen LogP contribution in [0.1, 0.15) is 25.3 Å². The Morgan fingerprint density at radius 1 is 1.28 bits per heavy atom. The fourth-order valence-corrected chi connectivity index (χ4v) is 3.58. The summed E-state index contributed by atoms with van der Waals surface area (Å²) in [6.07, 6.45) is -1.37. The van der Waals surface area contributed by atoms with Crippen molar-refractivity contribution in [3.05, 3.63) is 18.0 Å². The van der Waals surface area contributed by atoms with Gasteiger partial charge in [0.1, 0.15) is 0 Å². The van der Waals surface area contributed by atoms with Gasteiger partial charge in [-0.3, -0.25) is 0 Å². The van der Waals surface area contributed by atoms with Gasteiger partial charge in [-0.2, -0.15) is 13.2 Å². The van der Waals surface area contributed by atoms with E-state index in [-0.39, 0.29) is 24.1 Å². The molecular weight excluding hydrogens is 389 g/mol. The van der Waals surface area contributed by atoms with Crippen molar-refractivity contribution in [2.45, 2.75) is 38.0 Å². The van der Waals surface area contributed by atoms with Gasteiger partial charge in [0, 0.05) is 57.8 Å². The normalized spacial score (nSPS) is 21.3. The highest BCUT2D eigenvalue weighted by molar-refractivity contribution is 5.77. The molecule has 0 radical (unpaired) electrons. The van der Waals surface area contributed by atoms with E-state index in [0.29, 0.717) is 45.9 Å². The summed E-state index contributed by atoms with van der Waals surface area (Å²) >= 11 is 0. The second-order valence-corrected chi connectivity index (χ2v) is 7.53. The van der Waals surface area contributed by atoms with Gasteiger partial charge in [0.2, 0.25) is 5.95 Å². The summed E-state index contributed by atoms with van der Waals surface area (Å²) in [5, 5.41) is 0. The third kappa shape index (κ3) is 5.47. The summed E-state index contributed by atoms with van der Waals surface area (Å²) in [5.74, 6) is 0.260. The average molecular weight is 416 g/mol. The summed E-state index contributed by atoms with van der Waals surface area (Å²) in [5.41, 5.74) is 4.76. The molecular formula is C18H27F3N6O2. The van der Waals surface area contributed by atoms with E-state index in [2.05, 4.69) is 9.97 Å². The van der Waals surface area contributed by atoms with Crippen LogP contribution < -0.4 is 10.6 Å². The molecule has 11 heteroatoms. The first-order valence-corrected chi connectivity index (χ1v) is 9.78. The topological polar surface area (TPSA) is 87.8 Å². The van der Waals surface area contributed by atoms with Gasteiger partial charge in [0.25, 0.3) is 0 Å². The van der Waals surface area contributed by atoms with Gasteiger partial charge < -0.3 is 25.2 Å². The van der Waals surface area contributed by atoms with Crippen LogP contribution in [0.15, 0.2) is 12.4 Å². The molecule has 162 valence electrons. The second-order valence-electron chi connectivity index (χ2n) is 7.53. The number of halogens is 3. The number of aromatic nitrogens is 2. The zero-order chi connectivity index (χ0) is 21.0. The van der Waals surface area contributed by atoms with Crippen LogP contribution >= 0.6 is 0 Å². The number of ether oxygens (including phenoxy) is 1. The molecule has 0 saturated carbocycles. The number of hydrogen-bond donors (Lipinski definition) is 1. The fraction of sp³-hybridized carbons (Fsp3) is 0.722. The summed E-state index contributed by atoms with van der Waals surface area (Å²) in [7, 11) is 0. The highest BCUT2D eigenvalue weighted by Gasteiger charge is 2.38. The lowest BCUT2D eigenvalue weighted by molar-refractivity contribution is -0.138. The predicted molar refractivity (Wildman–Crippen MR) is 100 cm³/mol. The Kier molecular flexibility index (Phi) is 6.78. The van der Waals surface area contributed by atoms with E-state index in [0.717, 1.165) is 25.2 Å². The van der Waals surface area contributed by atoms with Crippen LogP contribution in [0.3, 0.4) is 0 Å². The molecule has 8 nitrogen and oxygen atoms in total. The summed E-state index contributed by atoms with van der Waals surface area (Å²) < 4.78 is 43.4. The number of anilines is 1. The van der Waals surface area contributed by atoms with Gasteiger partial charge >= 0.3 is 12.2 Å². The zero-order valence-corrected chi connectivity index (χ0v) is 16.4. The first-order chi connectivity index (χ1) is 13.8. The maximum absolute atomic E-state index is 12.7. The molecule has 2 amide bonds. The number of nitrogens with two attached hydrogens (primary N) is 1. The smallest absolute Gasteiger partial charge is 0.380 e. The van der Waals surface area contributed by atoms with Gasteiger partial charge in [-0.05, 0) is 19.8 Å². The van der Waals surface area contributed by atoms with Crippen molar-refractivity contribution in [1.82, 2.24) is 19.8 Å². The van der Waals surface area contributed by atoms with Crippen LogP contribution in [0, 0.1) is 0 Å².